The highest BCUT2D eigenvalue weighted by molar-refractivity contribution is 6.09. The number of benzene rings is 8. The van der Waals surface area contributed by atoms with Crippen LogP contribution < -0.4 is 0 Å². The van der Waals surface area contributed by atoms with Gasteiger partial charge in [0, 0.05) is 38.6 Å². The Morgan fingerprint density at radius 1 is 0.226 bits per heavy atom. The van der Waals surface area contributed by atoms with E-state index in [2.05, 4.69) is 200 Å². The van der Waals surface area contributed by atoms with Gasteiger partial charge in [-0.25, -0.2) is 19.9 Å². The smallest absolute Gasteiger partial charge is 0.160 e. The first-order valence-corrected chi connectivity index (χ1v) is 20.9. The first-order valence-electron chi connectivity index (χ1n) is 20.9. The van der Waals surface area contributed by atoms with Gasteiger partial charge in [-0.2, -0.15) is 0 Å². The molecule has 3 aromatic heterocycles. The first-order chi connectivity index (χ1) is 30.7. The Hall–Kier alpha value is -8.34. The molecule has 0 radical (unpaired) electrons. The van der Waals surface area contributed by atoms with Crippen molar-refractivity contribution in [2.75, 3.05) is 0 Å². The molecule has 62 heavy (non-hydrogen) atoms. The lowest BCUT2D eigenvalue weighted by atomic mass is 9.96. The van der Waals surface area contributed by atoms with E-state index in [1.165, 1.54) is 11.1 Å². The standard InChI is InChI=1S/C58H38N4/c1-5-15-39(16-6-1)40-27-29-44(30-28-40)55-38-54(43-21-11-4-12-22-43)61-58(62-55)49-26-14-24-47(36-49)46-23-13-25-48(35-46)52-34-32-45-31-33-50-51(41-17-7-2-8-18-41)37-53(42-19-9-3-10-20-42)60-57(50)56(45)59-52/h1-38H. The molecule has 4 heteroatoms. The number of pyridine rings is 2. The molecule has 0 saturated carbocycles. The molecular formula is C58H38N4. The highest BCUT2D eigenvalue weighted by Crippen LogP contribution is 2.37. The molecule has 0 fully saturated rings. The van der Waals surface area contributed by atoms with Gasteiger partial charge in [0.25, 0.3) is 0 Å². The zero-order chi connectivity index (χ0) is 41.2. The van der Waals surface area contributed by atoms with Gasteiger partial charge in [-0.3, -0.25) is 0 Å². The van der Waals surface area contributed by atoms with Crippen LogP contribution >= 0.6 is 0 Å². The Balaban J connectivity index is 0.981. The van der Waals surface area contributed by atoms with E-state index in [1.54, 1.807) is 0 Å². The molecule has 3 heterocycles. The number of rotatable bonds is 8. The molecule has 0 atom stereocenters. The van der Waals surface area contributed by atoms with Crippen LogP contribution in [0.15, 0.2) is 231 Å². The van der Waals surface area contributed by atoms with Gasteiger partial charge in [-0.15, -0.1) is 0 Å². The Labute approximate surface area is 360 Å². The van der Waals surface area contributed by atoms with E-state index < -0.39 is 0 Å². The molecule has 0 aliphatic carbocycles. The molecule has 11 aromatic rings. The van der Waals surface area contributed by atoms with Crippen molar-refractivity contribution in [2.45, 2.75) is 0 Å². The Kier molecular flexibility index (Phi) is 9.49. The van der Waals surface area contributed by atoms with Crippen molar-refractivity contribution in [3.63, 3.8) is 0 Å². The predicted octanol–water partition coefficient (Wildman–Crippen LogP) is 14.9. The van der Waals surface area contributed by atoms with Crippen LogP contribution in [0, 0.1) is 0 Å². The first kappa shape index (κ1) is 36.7. The normalized spacial score (nSPS) is 11.2. The maximum absolute atomic E-state index is 5.36. The maximum Gasteiger partial charge on any atom is 0.160 e. The van der Waals surface area contributed by atoms with Crippen LogP contribution in [0.4, 0.5) is 0 Å². The molecule has 4 nitrogen and oxygen atoms in total. The summed E-state index contributed by atoms with van der Waals surface area (Å²) in [6.45, 7) is 0. The second kappa shape index (κ2) is 16.0. The fourth-order valence-corrected chi connectivity index (χ4v) is 8.29. The largest absolute Gasteiger partial charge is 0.245 e. The highest BCUT2D eigenvalue weighted by Gasteiger charge is 2.16. The third kappa shape index (κ3) is 7.20. The molecular weight excluding hydrogens is 753 g/mol. The van der Waals surface area contributed by atoms with Crippen LogP contribution in [-0.2, 0) is 0 Å². The molecule has 8 aromatic carbocycles. The summed E-state index contributed by atoms with van der Waals surface area (Å²) in [4.78, 5) is 21.0. The van der Waals surface area contributed by atoms with E-state index >= 15 is 0 Å². The molecule has 0 aliphatic rings. The summed E-state index contributed by atoms with van der Waals surface area (Å²) in [5, 5.41) is 2.12. The average Bonchev–Trinajstić information content (AvgIpc) is 3.37. The van der Waals surface area contributed by atoms with E-state index in [0.29, 0.717) is 5.82 Å². The van der Waals surface area contributed by atoms with Gasteiger partial charge < -0.3 is 0 Å². The predicted molar refractivity (Wildman–Crippen MR) is 256 cm³/mol. The van der Waals surface area contributed by atoms with Crippen LogP contribution in [0.25, 0.3) is 112 Å². The third-order valence-corrected chi connectivity index (χ3v) is 11.5. The average molecular weight is 791 g/mol. The molecule has 0 amide bonds. The lowest BCUT2D eigenvalue weighted by molar-refractivity contribution is 1.18. The van der Waals surface area contributed by atoms with E-state index in [-0.39, 0.29) is 0 Å². The molecule has 11 rings (SSSR count). The van der Waals surface area contributed by atoms with Gasteiger partial charge >= 0.3 is 0 Å². The highest BCUT2D eigenvalue weighted by atomic mass is 14.9. The summed E-state index contributed by atoms with van der Waals surface area (Å²) in [5.41, 5.74) is 17.2. The van der Waals surface area contributed by atoms with Gasteiger partial charge in [0.1, 0.15) is 0 Å². The third-order valence-electron chi connectivity index (χ3n) is 11.5. The van der Waals surface area contributed by atoms with Gasteiger partial charge in [-0.05, 0) is 63.7 Å². The Morgan fingerprint density at radius 2 is 0.661 bits per heavy atom. The van der Waals surface area contributed by atoms with Crippen molar-refractivity contribution in [1.29, 1.82) is 0 Å². The summed E-state index contributed by atoms with van der Waals surface area (Å²) >= 11 is 0. The van der Waals surface area contributed by atoms with Gasteiger partial charge in [0.2, 0.25) is 0 Å². The number of fused-ring (bicyclic) bond motifs is 3. The SMILES string of the molecule is c1ccc(-c2ccc(-c3cc(-c4ccccc4)nc(-c4cccc(-c5cccc(-c6ccc7ccc8c(-c9ccccc9)cc(-c9ccccc9)nc8c7n6)c5)c4)n3)cc2)cc1. The second-order valence-electron chi connectivity index (χ2n) is 15.5. The molecule has 0 saturated heterocycles. The summed E-state index contributed by atoms with van der Waals surface area (Å²) in [5.74, 6) is 0.673. The van der Waals surface area contributed by atoms with Gasteiger partial charge in [0.15, 0.2) is 5.82 Å². The van der Waals surface area contributed by atoms with Crippen LogP contribution in [0.1, 0.15) is 0 Å². The molecule has 0 N–H and O–H groups in total. The van der Waals surface area contributed by atoms with E-state index in [4.69, 9.17) is 19.9 Å². The number of hydrogen-bond acceptors (Lipinski definition) is 4. The molecule has 0 aliphatic heterocycles. The summed E-state index contributed by atoms with van der Waals surface area (Å²) < 4.78 is 0. The fraction of sp³-hybridized carbons (Fsp3) is 0. The molecule has 0 spiro atoms. The Bertz CT molecular complexity index is 3370. The number of hydrogen-bond donors (Lipinski definition) is 0. The zero-order valence-electron chi connectivity index (χ0n) is 33.7. The minimum absolute atomic E-state index is 0.673. The molecule has 0 unspecified atom stereocenters. The van der Waals surface area contributed by atoms with Crippen LogP contribution in [0.5, 0.6) is 0 Å². The van der Waals surface area contributed by atoms with Crippen molar-refractivity contribution < 1.29 is 0 Å². The lowest BCUT2D eigenvalue weighted by Crippen LogP contribution is -1.96. The minimum Gasteiger partial charge on any atom is -0.245 e. The maximum atomic E-state index is 5.36. The van der Waals surface area contributed by atoms with E-state index in [1.807, 2.05) is 30.3 Å². The zero-order valence-corrected chi connectivity index (χ0v) is 33.7. The summed E-state index contributed by atoms with van der Waals surface area (Å²) in [6.07, 6.45) is 0. The number of nitrogens with zero attached hydrogens (tertiary/aromatic N) is 4. The minimum atomic E-state index is 0.673. The van der Waals surface area contributed by atoms with Gasteiger partial charge in [0.05, 0.1) is 33.8 Å². The van der Waals surface area contributed by atoms with Crippen LogP contribution in [-0.4, -0.2) is 19.9 Å². The monoisotopic (exact) mass is 790 g/mol. The lowest BCUT2D eigenvalue weighted by Gasteiger charge is -2.13. The number of aromatic nitrogens is 4. The van der Waals surface area contributed by atoms with E-state index in [0.717, 1.165) is 94.7 Å². The van der Waals surface area contributed by atoms with Crippen molar-refractivity contribution in [1.82, 2.24) is 19.9 Å². The van der Waals surface area contributed by atoms with Crippen molar-refractivity contribution in [3.8, 4) is 89.8 Å². The van der Waals surface area contributed by atoms with Crippen molar-refractivity contribution in [2.24, 2.45) is 0 Å². The Morgan fingerprint density at radius 3 is 1.29 bits per heavy atom. The topological polar surface area (TPSA) is 51.6 Å². The molecule has 0 bridgehead atoms. The van der Waals surface area contributed by atoms with Crippen LogP contribution in [0.3, 0.4) is 0 Å². The summed E-state index contributed by atoms with van der Waals surface area (Å²) in [6, 6.07) is 80.3. The van der Waals surface area contributed by atoms with Gasteiger partial charge in [-0.1, -0.05) is 200 Å². The van der Waals surface area contributed by atoms with Crippen LogP contribution in [0.2, 0.25) is 0 Å². The fourth-order valence-electron chi connectivity index (χ4n) is 8.29. The molecule has 290 valence electrons. The summed E-state index contributed by atoms with van der Waals surface area (Å²) in [7, 11) is 0. The van der Waals surface area contributed by atoms with Crippen molar-refractivity contribution >= 4 is 21.8 Å². The quantitative estimate of drug-likeness (QED) is 0.144. The van der Waals surface area contributed by atoms with E-state index in [9.17, 15) is 0 Å². The van der Waals surface area contributed by atoms with Crippen molar-refractivity contribution in [3.05, 3.63) is 231 Å². The second-order valence-corrected chi connectivity index (χ2v) is 15.5.